The molecule has 4 aliphatic carbocycles. The molecule has 1 aliphatic heterocycles. The molecule has 0 saturated carbocycles. The molecule has 0 aromatic heterocycles. The number of hydrogen-bond donors (Lipinski definition) is 1. The second-order valence-corrected chi connectivity index (χ2v) is 17.6. The van der Waals surface area contributed by atoms with Crippen molar-refractivity contribution in [3.05, 3.63) is 168 Å². The summed E-state index contributed by atoms with van der Waals surface area (Å²) in [6.45, 7) is 13.9. The molecule has 5 unspecified atom stereocenters. The van der Waals surface area contributed by atoms with Crippen LogP contribution in [0.3, 0.4) is 0 Å². The molecule has 0 fully saturated rings. The number of allylic oxidation sites excluding steroid dienone is 19. The van der Waals surface area contributed by atoms with Crippen molar-refractivity contribution >= 4 is 11.7 Å². The van der Waals surface area contributed by atoms with E-state index in [4.69, 9.17) is 9.98 Å². The van der Waals surface area contributed by atoms with E-state index in [1.807, 2.05) is 0 Å². The lowest BCUT2D eigenvalue weighted by Crippen LogP contribution is -2.42. The van der Waals surface area contributed by atoms with Gasteiger partial charge in [-0.2, -0.15) is 0 Å². The van der Waals surface area contributed by atoms with E-state index in [1.165, 1.54) is 85.7 Å². The van der Waals surface area contributed by atoms with Gasteiger partial charge in [-0.25, -0.2) is 9.98 Å². The van der Waals surface area contributed by atoms with Crippen molar-refractivity contribution in [3.63, 3.8) is 0 Å². The zero-order chi connectivity index (χ0) is 41.2. The van der Waals surface area contributed by atoms with Crippen LogP contribution < -0.4 is 5.32 Å². The Morgan fingerprint density at radius 2 is 1.68 bits per heavy atom. The summed E-state index contributed by atoms with van der Waals surface area (Å²) in [5.41, 5.74) is 8.11. The topological polar surface area (TPSA) is 36.8 Å². The van der Waals surface area contributed by atoms with Crippen LogP contribution in [-0.4, -0.2) is 17.8 Å². The van der Waals surface area contributed by atoms with Crippen molar-refractivity contribution in [1.29, 1.82) is 0 Å². The van der Waals surface area contributed by atoms with Crippen LogP contribution in [0.5, 0.6) is 0 Å². The first-order chi connectivity index (χ1) is 28.9. The first-order valence-electron chi connectivity index (χ1n) is 23.4. The van der Waals surface area contributed by atoms with E-state index in [0.29, 0.717) is 29.6 Å². The summed E-state index contributed by atoms with van der Waals surface area (Å²) in [6.07, 6.45) is 54.8. The highest BCUT2D eigenvalue weighted by Gasteiger charge is 2.34. The summed E-state index contributed by atoms with van der Waals surface area (Å²) in [5.74, 6) is 4.79. The van der Waals surface area contributed by atoms with Gasteiger partial charge in [-0.15, -0.1) is 0 Å². The van der Waals surface area contributed by atoms with Gasteiger partial charge < -0.3 is 5.32 Å². The fraction of sp³-hybridized carbons (Fsp3) is 0.464. The summed E-state index contributed by atoms with van der Waals surface area (Å²) < 4.78 is 0. The van der Waals surface area contributed by atoms with Gasteiger partial charge in [0.15, 0.2) is 6.17 Å². The van der Waals surface area contributed by atoms with E-state index in [-0.39, 0.29) is 12.1 Å². The van der Waals surface area contributed by atoms with Gasteiger partial charge in [0.1, 0.15) is 11.7 Å². The lowest BCUT2D eigenvalue weighted by molar-refractivity contribution is 0.282. The van der Waals surface area contributed by atoms with Gasteiger partial charge in [-0.05, 0) is 137 Å². The van der Waals surface area contributed by atoms with Gasteiger partial charge in [-0.1, -0.05) is 179 Å². The average Bonchev–Trinajstić information content (AvgIpc) is 3.29. The van der Waals surface area contributed by atoms with Crippen molar-refractivity contribution in [1.82, 2.24) is 5.32 Å². The Kier molecular flexibility index (Phi) is 17.4. The van der Waals surface area contributed by atoms with E-state index in [0.717, 1.165) is 55.8 Å². The van der Waals surface area contributed by atoms with E-state index in [1.54, 1.807) is 0 Å². The standard InChI is InChI=1S/C56H73N3/c1-6-9-10-11-16-25-46-40-51(43(5)53(41-46)56-58-54(49-30-21-14-22-31-49)57-55(59-56)50-32-23-15-24-33-50)36-34-44(7-2)39-45(8-3)35-37-52(48-28-19-13-20-29-48)38-42(4)47-26-17-12-18-27-47/h8,11-17,19,21-24,30-32,35,37-39,41,43,46-48,50-51,56H,4,6-7,9-10,18,20,25-29,33-34,36,40H2,1-3,5H3,(H,57,58,59)/b16-11-,37-35+,44-39+,45-8-,52-38+/t43-,46?,47?,48?,50?,51-,56?/m1/s1. The number of rotatable bonds is 18. The smallest absolute Gasteiger partial charge is 0.165 e. The Balaban J connectivity index is 1.22. The number of benzene rings is 1. The Morgan fingerprint density at radius 1 is 0.881 bits per heavy atom. The van der Waals surface area contributed by atoms with Gasteiger partial charge in [-0.3, -0.25) is 0 Å². The molecule has 5 aliphatic rings. The van der Waals surface area contributed by atoms with Crippen molar-refractivity contribution in [2.45, 2.75) is 130 Å². The van der Waals surface area contributed by atoms with E-state index < -0.39 is 0 Å². The Hall–Kier alpha value is -4.50. The molecule has 1 aromatic carbocycles. The number of hydrogen-bond acceptors (Lipinski definition) is 3. The maximum Gasteiger partial charge on any atom is 0.165 e. The summed E-state index contributed by atoms with van der Waals surface area (Å²) in [6, 6.07) is 10.6. The molecule has 59 heavy (non-hydrogen) atoms. The van der Waals surface area contributed by atoms with Crippen LogP contribution in [0.25, 0.3) is 0 Å². The van der Waals surface area contributed by atoms with Gasteiger partial charge in [0.25, 0.3) is 0 Å². The summed E-state index contributed by atoms with van der Waals surface area (Å²) in [4.78, 5) is 10.8. The predicted molar refractivity (Wildman–Crippen MR) is 257 cm³/mol. The molecule has 0 radical (unpaired) electrons. The SMILES string of the molecule is C=C(\C=C(/C=C/C(=C/C)/C=C(\CC)CC[C@@H]1CC(C/C=C\CCCC)C=C(C2N=C(c3ccccc3)NC(C3C=CC=CC3)=N2)[C@@H]1C)C1CC=CCC1)C1CC=CCC1. The third kappa shape index (κ3) is 13.0. The number of aliphatic imine (C=N–C) groups is 2. The molecule has 0 spiro atoms. The monoisotopic (exact) mass is 788 g/mol. The Bertz CT molecular complexity index is 1920. The third-order valence-corrected chi connectivity index (χ3v) is 13.4. The molecule has 7 atom stereocenters. The quantitative estimate of drug-likeness (QED) is 0.0898. The number of unbranched alkanes of at least 4 members (excludes halogenated alkanes) is 2. The van der Waals surface area contributed by atoms with E-state index >= 15 is 0 Å². The van der Waals surface area contributed by atoms with Gasteiger partial charge in [0.2, 0.25) is 0 Å². The van der Waals surface area contributed by atoms with Crippen LogP contribution in [-0.2, 0) is 0 Å². The maximum atomic E-state index is 5.42. The lowest BCUT2D eigenvalue weighted by atomic mass is 9.71. The summed E-state index contributed by atoms with van der Waals surface area (Å²) in [7, 11) is 0. The number of amidine groups is 2. The first-order valence-corrected chi connectivity index (χ1v) is 23.4. The molecule has 3 nitrogen and oxygen atoms in total. The zero-order valence-corrected chi connectivity index (χ0v) is 36.9. The highest BCUT2D eigenvalue weighted by Crippen LogP contribution is 2.42. The molecule has 6 rings (SSSR count). The second kappa shape index (κ2) is 23.3. The van der Waals surface area contributed by atoms with Crippen LogP contribution in [0.4, 0.5) is 0 Å². The molecule has 3 heteroatoms. The van der Waals surface area contributed by atoms with Gasteiger partial charge >= 0.3 is 0 Å². The zero-order valence-electron chi connectivity index (χ0n) is 36.9. The van der Waals surface area contributed by atoms with Crippen LogP contribution >= 0.6 is 0 Å². The minimum atomic E-state index is -0.210. The van der Waals surface area contributed by atoms with Crippen molar-refractivity contribution in [3.8, 4) is 0 Å². The first kappa shape index (κ1) is 44.1. The highest BCUT2D eigenvalue weighted by molar-refractivity contribution is 6.11. The van der Waals surface area contributed by atoms with Crippen molar-refractivity contribution in [2.24, 2.45) is 45.5 Å². The summed E-state index contributed by atoms with van der Waals surface area (Å²) in [5, 5.41) is 3.68. The van der Waals surface area contributed by atoms with Crippen LogP contribution in [0.15, 0.2) is 172 Å². The fourth-order valence-corrected chi connectivity index (χ4v) is 9.49. The lowest BCUT2D eigenvalue weighted by Gasteiger charge is -2.37. The minimum Gasteiger partial charge on any atom is -0.328 e. The van der Waals surface area contributed by atoms with E-state index in [2.05, 4.69) is 167 Å². The molecule has 312 valence electrons. The highest BCUT2D eigenvalue weighted by atomic mass is 15.2. The number of nitrogens with zero attached hydrogens (tertiary/aromatic N) is 2. The molecular weight excluding hydrogens is 715 g/mol. The molecule has 0 saturated heterocycles. The Morgan fingerprint density at radius 3 is 2.37 bits per heavy atom. The summed E-state index contributed by atoms with van der Waals surface area (Å²) >= 11 is 0. The molecule has 0 bridgehead atoms. The molecule has 1 heterocycles. The third-order valence-electron chi connectivity index (χ3n) is 13.4. The minimum absolute atomic E-state index is 0.210. The average molecular weight is 788 g/mol. The van der Waals surface area contributed by atoms with Crippen LogP contribution in [0.1, 0.15) is 130 Å². The molecule has 1 N–H and O–H groups in total. The largest absolute Gasteiger partial charge is 0.328 e. The van der Waals surface area contributed by atoms with Gasteiger partial charge in [0, 0.05) is 11.5 Å². The molecular formula is C56H73N3. The van der Waals surface area contributed by atoms with E-state index in [9.17, 15) is 0 Å². The molecule has 0 amide bonds. The van der Waals surface area contributed by atoms with Crippen molar-refractivity contribution in [2.75, 3.05) is 0 Å². The van der Waals surface area contributed by atoms with Crippen LogP contribution in [0, 0.1) is 35.5 Å². The van der Waals surface area contributed by atoms with Gasteiger partial charge in [0.05, 0.1) is 0 Å². The molecule has 1 aromatic rings. The maximum absolute atomic E-state index is 5.42. The predicted octanol–water partition coefficient (Wildman–Crippen LogP) is 15.0. The Labute approximate surface area is 358 Å². The van der Waals surface area contributed by atoms with Crippen LogP contribution in [0.2, 0.25) is 0 Å². The number of nitrogens with one attached hydrogen (secondary N) is 1. The fourth-order valence-electron chi connectivity index (χ4n) is 9.49. The van der Waals surface area contributed by atoms with Crippen molar-refractivity contribution < 1.29 is 0 Å². The normalized spacial score (nSPS) is 27.8. The second-order valence-electron chi connectivity index (χ2n) is 17.6.